The molecule has 0 atom stereocenters. The molecule has 0 radical (unpaired) electrons. The second-order valence-electron chi connectivity index (χ2n) is 7.17. The molecule has 1 aromatic carbocycles. The number of sulfonamides is 1. The molecular weight excluding hydrogens is 338 g/mol. The smallest absolute Gasteiger partial charge is 0.239 e. The molecule has 1 heterocycles. The molecule has 6 nitrogen and oxygen atoms in total. The molecule has 1 aromatic rings. The van der Waals surface area contributed by atoms with Crippen LogP contribution in [0.25, 0.3) is 0 Å². The monoisotopic (exact) mass is 367 g/mol. The number of anilines is 2. The number of hydrogen-bond acceptors (Lipinski definition) is 4. The summed E-state index contributed by atoms with van der Waals surface area (Å²) in [6.45, 7) is 7.73. The second-order valence-corrected chi connectivity index (χ2v) is 9.10. The minimum atomic E-state index is -3.41. The molecule has 140 valence electrons. The molecule has 1 aliphatic heterocycles. The highest BCUT2D eigenvalue weighted by atomic mass is 32.2. The molecule has 0 bridgehead atoms. The molecule has 0 aromatic heterocycles. The Bertz CT molecular complexity index is 678. The van der Waals surface area contributed by atoms with Crippen molar-refractivity contribution in [3.8, 4) is 0 Å². The predicted molar refractivity (Wildman–Crippen MR) is 102 cm³/mol. The van der Waals surface area contributed by atoms with Gasteiger partial charge in [-0.1, -0.05) is 6.92 Å². The lowest BCUT2D eigenvalue weighted by Gasteiger charge is -2.32. The van der Waals surface area contributed by atoms with Crippen molar-refractivity contribution in [2.45, 2.75) is 39.7 Å². The Morgan fingerprint density at radius 3 is 2.28 bits per heavy atom. The molecular formula is C18H29N3O3S. The molecule has 1 fully saturated rings. The summed E-state index contributed by atoms with van der Waals surface area (Å²) in [4.78, 5) is 14.5. The molecule has 2 rings (SSSR count). The summed E-state index contributed by atoms with van der Waals surface area (Å²) in [7, 11) is -3.41. The van der Waals surface area contributed by atoms with Gasteiger partial charge >= 0.3 is 0 Å². The number of carbonyl (C=O) groups excluding carboxylic acids is 1. The maximum atomic E-state index is 12.2. The van der Waals surface area contributed by atoms with E-state index in [1.54, 1.807) is 13.8 Å². The van der Waals surface area contributed by atoms with Gasteiger partial charge in [0.15, 0.2) is 0 Å². The molecule has 0 aliphatic carbocycles. The maximum Gasteiger partial charge on any atom is 0.239 e. The quantitative estimate of drug-likeness (QED) is 0.839. The van der Waals surface area contributed by atoms with Gasteiger partial charge in [0.05, 0.1) is 12.8 Å². The summed E-state index contributed by atoms with van der Waals surface area (Å²) in [6, 6.07) is 7.48. The molecule has 1 saturated heterocycles. The first-order chi connectivity index (χ1) is 11.7. The Balaban J connectivity index is 1.95. The summed E-state index contributed by atoms with van der Waals surface area (Å²) in [5, 5.41) is 2.77. The molecule has 0 unspecified atom stereocenters. The van der Waals surface area contributed by atoms with E-state index in [9.17, 15) is 13.2 Å². The standard InChI is InChI=1S/C18H29N3O3S/c1-14(2)21(25(4,23)24)13-18(22)19-16-5-7-17(8-6-16)20-11-9-15(3)10-12-20/h5-8,14-15H,9-13H2,1-4H3,(H,19,22). The van der Waals surface area contributed by atoms with Crippen LogP contribution in [0.5, 0.6) is 0 Å². The minimum Gasteiger partial charge on any atom is -0.372 e. The largest absolute Gasteiger partial charge is 0.372 e. The van der Waals surface area contributed by atoms with Gasteiger partial charge in [-0.3, -0.25) is 4.79 Å². The van der Waals surface area contributed by atoms with Crippen LogP contribution in [-0.4, -0.2) is 50.6 Å². The van der Waals surface area contributed by atoms with Crippen molar-refractivity contribution >= 4 is 27.3 Å². The van der Waals surface area contributed by atoms with Crippen LogP contribution in [-0.2, 0) is 14.8 Å². The van der Waals surface area contributed by atoms with Crippen LogP contribution in [0.1, 0.15) is 33.6 Å². The normalized spacial score (nSPS) is 16.5. The Kier molecular flexibility index (Phi) is 6.46. The van der Waals surface area contributed by atoms with E-state index in [1.165, 1.54) is 17.1 Å². The fraction of sp³-hybridized carbons (Fsp3) is 0.611. The summed E-state index contributed by atoms with van der Waals surface area (Å²) < 4.78 is 24.7. The van der Waals surface area contributed by atoms with Gasteiger partial charge in [0.2, 0.25) is 15.9 Å². The van der Waals surface area contributed by atoms with Crippen LogP contribution >= 0.6 is 0 Å². The molecule has 0 saturated carbocycles. The molecule has 1 amide bonds. The number of piperidine rings is 1. The number of benzene rings is 1. The van der Waals surface area contributed by atoms with E-state index < -0.39 is 10.0 Å². The predicted octanol–water partition coefficient (Wildman–Crippen LogP) is 2.53. The van der Waals surface area contributed by atoms with Crippen molar-refractivity contribution in [3.63, 3.8) is 0 Å². The van der Waals surface area contributed by atoms with Gasteiger partial charge in [0, 0.05) is 30.5 Å². The average molecular weight is 368 g/mol. The SMILES string of the molecule is CC1CCN(c2ccc(NC(=O)CN(C(C)C)S(C)(=O)=O)cc2)CC1. The van der Waals surface area contributed by atoms with Gasteiger partial charge in [0.25, 0.3) is 0 Å². The Morgan fingerprint density at radius 2 is 1.80 bits per heavy atom. The fourth-order valence-corrected chi connectivity index (χ4v) is 4.16. The molecule has 1 N–H and O–H groups in total. The maximum absolute atomic E-state index is 12.2. The van der Waals surface area contributed by atoms with Crippen LogP contribution in [0.3, 0.4) is 0 Å². The highest BCUT2D eigenvalue weighted by Gasteiger charge is 2.23. The van der Waals surface area contributed by atoms with Gasteiger partial charge in [-0.15, -0.1) is 0 Å². The number of rotatable bonds is 6. The number of nitrogens with zero attached hydrogens (tertiary/aromatic N) is 2. The van der Waals surface area contributed by atoms with Crippen molar-refractivity contribution < 1.29 is 13.2 Å². The zero-order chi connectivity index (χ0) is 18.6. The lowest BCUT2D eigenvalue weighted by atomic mass is 9.99. The van der Waals surface area contributed by atoms with Crippen molar-refractivity contribution in [2.24, 2.45) is 5.92 Å². The van der Waals surface area contributed by atoms with E-state index >= 15 is 0 Å². The Hall–Kier alpha value is -1.60. The van der Waals surface area contributed by atoms with Gasteiger partial charge < -0.3 is 10.2 Å². The van der Waals surface area contributed by atoms with E-state index in [-0.39, 0.29) is 18.5 Å². The number of hydrogen-bond donors (Lipinski definition) is 1. The summed E-state index contributed by atoms with van der Waals surface area (Å²) in [5.74, 6) is 0.451. The van der Waals surface area contributed by atoms with Gasteiger partial charge in [-0.05, 0) is 56.9 Å². The third-order valence-corrected chi connectivity index (χ3v) is 6.00. The first kappa shape index (κ1) is 19.7. The number of nitrogens with one attached hydrogen (secondary N) is 1. The molecule has 25 heavy (non-hydrogen) atoms. The van der Waals surface area contributed by atoms with Gasteiger partial charge in [-0.2, -0.15) is 4.31 Å². The Morgan fingerprint density at radius 1 is 1.24 bits per heavy atom. The first-order valence-electron chi connectivity index (χ1n) is 8.78. The van der Waals surface area contributed by atoms with Crippen molar-refractivity contribution in [2.75, 3.05) is 36.1 Å². The summed E-state index contributed by atoms with van der Waals surface area (Å²) >= 11 is 0. The zero-order valence-corrected chi connectivity index (χ0v) is 16.3. The second kappa shape index (κ2) is 8.19. The van der Waals surface area contributed by atoms with E-state index in [2.05, 4.69) is 17.1 Å². The number of amides is 1. The van der Waals surface area contributed by atoms with Crippen molar-refractivity contribution in [3.05, 3.63) is 24.3 Å². The molecule has 1 aliphatic rings. The van der Waals surface area contributed by atoms with E-state index in [4.69, 9.17) is 0 Å². The van der Waals surface area contributed by atoms with Crippen LogP contribution in [0, 0.1) is 5.92 Å². The lowest BCUT2D eigenvalue weighted by Crippen LogP contribution is -2.41. The minimum absolute atomic E-state index is 0.178. The van der Waals surface area contributed by atoms with E-state index in [0.717, 1.165) is 31.0 Å². The average Bonchev–Trinajstić information content (AvgIpc) is 2.53. The first-order valence-corrected chi connectivity index (χ1v) is 10.6. The topological polar surface area (TPSA) is 69.7 Å². The lowest BCUT2D eigenvalue weighted by molar-refractivity contribution is -0.116. The Labute approximate surface area is 151 Å². The summed E-state index contributed by atoms with van der Waals surface area (Å²) in [6.07, 6.45) is 3.53. The highest BCUT2D eigenvalue weighted by Crippen LogP contribution is 2.24. The van der Waals surface area contributed by atoms with E-state index in [0.29, 0.717) is 5.69 Å². The molecule has 7 heteroatoms. The van der Waals surface area contributed by atoms with Crippen LogP contribution in [0.2, 0.25) is 0 Å². The number of carbonyl (C=O) groups is 1. The van der Waals surface area contributed by atoms with Crippen molar-refractivity contribution in [1.29, 1.82) is 0 Å². The fourth-order valence-electron chi connectivity index (χ4n) is 3.05. The van der Waals surface area contributed by atoms with Crippen molar-refractivity contribution in [1.82, 2.24) is 4.31 Å². The van der Waals surface area contributed by atoms with Gasteiger partial charge in [-0.25, -0.2) is 8.42 Å². The van der Waals surface area contributed by atoms with Crippen LogP contribution in [0.15, 0.2) is 24.3 Å². The van der Waals surface area contributed by atoms with E-state index in [1.807, 2.05) is 24.3 Å². The molecule has 0 spiro atoms. The highest BCUT2D eigenvalue weighted by molar-refractivity contribution is 7.88. The zero-order valence-electron chi connectivity index (χ0n) is 15.5. The van der Waals surface area contributed by atoms with Gasteiger partial charge in [0.1, 0.15) is 0 Å². The summed E-state index contributed by atoms with van der Waals surface area (Å²) in [5.41, 5.74) is 1.83. The third-order valence-electron chi connectivity index (χ3n) is 4.60. The van der Waals surface area contributed by atoms with Crippen LogP contribution in [0.4, 0.5) is 11.4 Å². The van der Waals surface area contributed by atoms with Crippen LogP contribution < -0.4 is 10.2 Å². The third kappa shape index (κ3) is 5.71.